The van der Waals surface area contributed by atoms with Crippen molar-refractivity contribution < 1.29 is 160 Å². The van der Waals surface area contributed by atoms with Crippen LogP contribution in [0.5, 0.6) is 0 Å². The van der Waals surface area contributed by atoms with Crippen molar-refractivity contribution in [1.82, 2.24) is 31.9 Å². The number of hydrogen-bond acceptors (Lipinski definition) is 26. The second kappa shape index (κ2) is 42.3. The molecular formula is C78H148N12O26. The van der Waals surface area contributed by atoms with Gasteiger partial charge in [-0.05, 0) is 166 Å². The van der Waals surface area contributed by atoms with Crippen molar-refractivity contribution >= 4 is 71.3 Å². The van der Waals surface area contributed by atoms with E-state index in [1.807, 2.05) is 166 Å². The Morgan fingerprint density at radius 3 is 0.388 bits per heavy atom. The van der Waals surface area contributed by atoms with Crippen LogP contribution in [0, 0.1) is 0 Å². The molecule has 0 aromatic heterocycles. The molecule has 0 aliphatic carbocycles. The Balaban J connectivity index is 0. The van der Waals surface area contributed by atoms with Crippen LogP contribution in [-0.2, 0) is 57.5 Å². The number of carbonyl (C=O) groups is 12. The Hall–Kier alpha value is -6.92. The molecule has 0 unspecified atom stereocenters. The summed E-state index contributed by atoms with van der Waals surface area (Å²) in [5.41, 5.74) is -8.51. The lowest BCUT2D eigenvalue weighted by molar-refractivity contribution is -1.16. The summed E-state index contributed by atoms with van der Waals surface area (Å²) in [5, 5.41) is 160. The predicted octanol–water partition coefficient (Wildman–Crippen LogP) is -9.81. The summed E-state index contributed by atoms with van der Waals surface area (Å²) in [4.78, 5) is 126. The lowest BCUT2D eigenvalue weighted by atomic mass is 9.79. The summed E-state index contributed by atoms with van der Waals surface area (Å²) in [6.07, 6.45) is 4.26. The summed E-state index contributed by atoms with van der Waals surface area (Å²) in [6.45, 7) is 57.9. The highest BCUT2D eigenvalue weighted by atomic mass is 16.5. The van der Waals surface area contributed by atoms with Crippen molar-refractivity contribution in [2.24, 2.45) is 0 Å². The predicted molar refractivity (Wildman–Crippen MR) is 405 cm³/mol. The monoisotopic (exact) mass is 1670 g/mol. The van der Waals surface area contributed by atoms with Gasteiger partial charge in [0.1, 0.15) is 77.7 Å². The largest absolute Gasteiger partial charge is 0.550 e. The van der Waals surface area contributed by atoms with Crippen LogP contribution in [0.4, 0.5) is 0 Å². The van der Waals surface area contributed by atoms with Crippen molar-refractivity contribution in [3.63, 3.8) is 0 Å². The average Bonchev–Trinajstić information content (AvgIpc) is 0.807. The van der Waals surface area contributed by atoms with Crippen molar-refractivity contribution in [3.8, 4) is 0 Å². The number of piperidine rings is 6. The lowest BCUT2D eigenvalue weighted by Gasteiger charge is -2.47. The van der Waals surface area contributed by atoms with Crippen LogP contribution in [0.15, 0.2) is 0 Å². The second-order valence-electron chi connectivity index (χ2n) is 40.4. The van der Waals surface area contributed by atoms with E-state index < -0.39 is 72.7 Å². The standard InChI is InChI=1S/6C11H22N2O2.2C6H8O7/c6*1-8(14)12-9-6-10(2,3)13(15)11(4,5)7-9;2*7-3(8)1-6(13,5(11)12)2-4(9)10/h6*9,15H,6-7H2,1-5H3,(H,12,14);2*13H,1-2H2,(H,7,8)(H,9,10)(H,11,12). The molecule has 0 spiro atoms. The first-order valence-corrected chi connectivity index (χ1v) is 39.2. The number of carboxylic acid groups (broad SMARTS) is 6. The molecule has 0 atom stereocenters. The van der Waals surface area contributed by atoms with Gasteiger partial charge in [0.25, 0.3) is 0 Å². The van der Waals surface area contributed by atoms with Crippen LogP contribution in [0.3, 0.4) is 0 Å². The highest BCUT2D eigenvalue weighted by Gasteiger charge is 2.55. The zero-order valence-electron chi connectivity index (χ0n) is 74.7. The molecule has 116 heavy (non-hydrogen) atoms. The van der Waals surface area contributed by atoms with Crippen molar-refractivity contribution in [2.75, 3.05) is 0 Å². The van der Waals surface area contributed by atoms with Gasteiger partial charge in [-0.2, -0.15) is 30.4 Å². The van der Waals surface area contributed by atoms with Gasteiger partial charge in [-0.25, -0.2) is 31.2 Å². The lowest BCUT2D eigenvalue weighted by Crippen LogP contribution is -3.25. The Kier molecular flexibility index (Phi) is 40.6. The second-order valence-corrected chi connectivity index (χ2v) is 40.4. The first kappa shape index (κ1) is 111. The summed E-state index contributed by atoms with van der Waals surface area (Å²) in [6, 6.07) is 1.02. The van der Waals surface area contributed by atoms with Crippen molar-refractivity contribution in [2.45, 2.75) is 424 Å². The normalized spacial score (nSPS) is 28.4. The number of aliphatic hydroxyl groups is 2. The molecule has 0 aromatic carbocycles. The van der Waals surface area contributed by atoms with E-state index in [2.05, 4.69) is 31.9 Å². The van der Waals surface area contributed by atoms with Gasteiger partial charge in [0, 0.05) is 204 Å². The zero-order valence-corrected chi connectivity index (χ0v) is 74.7. The quantitative estimate of drug-likeness (QED) is 0.0682. The number of amides is 6. The van der Waals surface area contributed by atoms with Crippen molar-refractivity contribution in [3.05, 3.63) is 0 Å². The van der Waals surface area contributed by atoms with E-state index in [-0.39, 0.29) is 138 Å². The number of rotatable bonds is 16. The summed E-state index contributed by atoms with van der Waals surface area (Å²) in [5.74, 6) is -11.9. The Labute approximate surface area is 684 Å². The molecule has 6 aliphatic heterocycles. The fraction of sp³-hybridized carbons (Fsp3) is 0.846. The van der Waals surface area contributed by atoms with Gasteiger partial charge >= 0.3 is 0 Å². The molecule has 6 heterocycles. The van der Waals surface area contributed by atoms with Crippen LogP contribution in [-0.4, -0.2) is 227 Å². The molecule has 6 rings (SSSR count). The Morgan fingerprint density at radius 1 is 0.241 bits per heavy atom. The first-order valence-electron chi connectivity index (χ1n) is 39.2. The van der Waals surface area contributed by atoms with Gasteiger partial charge in [0.05, 0.1) is 11.9 Å². The van der Waals surface area contributed by atoms with E-state index in [4.69, 9.17) is 10.2 Å². The highest BCUT2D eigenvalue weighted by Crippen LogP contribution is 2.29. The van der Waals surface area contributed by atoms with Crippen LogP contribution in [0.25, 0.3) is 0 Å². The third-order valence-corrected chi connectivity index (χ3v) is 21.7. The van der Waals surface area contributed by atoms with E-state index in [9.17, 15) is 119 Å². The molecular weight excluding hydrogens is 1520 g/mol. The minimum Gasteiger partial charge on any atom is -0.550 e. The molecule has 20 N–H and O–H groups in total. The Bertz CT molecular complexity index is 2740. The van der Waals surface area contributed by atoms with Crippen LogP contribution in [0.2, 0.25) is 0 Å². The van der Waals surface area contributed by atoms with Crippen LogP contribution in [0.1, 0.15) is 310 Å². The van der Waals surface area contributed by atoms with Gasteiger partial charge in [0.2, 0.25) is 35.4 Å². The first-order chi connectivity index (χ1) is 51.4. The number of carboxylic acids is 6. The summed E-state index contributed by atoms with van der Waals surface area (Å²) in [7, 11) is 0. The van der Waals surface area contributed by atoms with Gasteiger partial charge in [-0.3, -0.25) is 28.8 Å². The molecule has 6 fully saturated rings. The fourth-order valence-electron chi connectivity index (χ4n) is 18.2. The average molecular weight is 1670 g/mol. The Morgan fingerprint density at radius 2 is 0.328 bits per heavy atom. The number of carbonyl (C=O) groups excluding carboxylic acids is 12. The molecule has 0 aromatic rings. The van der Waals surface area contributed by atoms with Crippen LogP contribution >= 0.6 is 0 Å². The molecule has 0 saturated carbocycles. The third kappa shape index (κ3) is 36.7. The topological polar surface area (TPSA) is 604 Å². The molecule has 38 nitrogen and oxygen atoms in total. The molecule has 38 heteroatoms. The number of aliphatic carboxylic acids is 6. The molecule has 6 amide bonds. The fourth-order valence-corrected chi connectivity index (χ4v) is 18.2. The van der Waals surface area contributed by atoms with E-state index in [0.29, 0.717) is 30.4 Å². The van der Waals surface area contributed by atoms with Gasteiger partial charge in [-0.15, -0.1) is 0 Å². The SMILES string of the molecule is CC(=O)NC1CC(C)(C)[NH+](O)C(C)(C)C1.CC(=O)NC1CC(C)(C)[NH+](O)C(C)(C)C1.CC(=O)NC1CC(C)(C)[NH+](O)C(C)(C)C1.CC(=O)NC1CC(C)(C)[NH+](O)C(C)(C)C1.CC(=O)NC1CC(C)(C)[NH+](O)C(C)(C)C1.CC(=O)NC1CC(C)(C)[NH+](O)C(C)(C)C1.O=C([O-])CC(O)(CC(=O)[O-])C(=O)[O-].O=C([O-])CC(O)(CC(=O)[O-])C(=O)[O-]. The highest BCUT2D eigenvalue weighted by molar-refractivity contribution is 5.87. The van der Waals surface area contributed by atoms with Crippen molar-refractivity contribution in [1.29, 1.82) is 0 Å². The minimum atomic E-state index is -2.97. The van der Waals surface area contributed by atoms with E-state index >= 15 is 0 Å². The maximum Gasteiger partial charge on any atom is 0.217 e. The number of hydrogen-bond donors (Lipinski definition) is 20. The molecule has 676 valence electrons. The third-order valence-electron chi connectivity index (χ3n) is 21.7. The van der Waals surface area contributed by atoms with E-state index in [1.54, 1.807) is 0 Å². The molecule has 0 bridgehead atoms. The number of quaternary nitrogens is 6. The van der Waals surface area contributed by atoms with E-state index in [1.165, 1.54) is 41.5 Å². The van der Waals surface area contributed by atoms with Crippen LogP contribution < -0.4 is 92.9 Å². The molecule has 6 saturated heterocycles. The minimum absolute atomic E-state index is 0.00740. The van der Waals surface area contributed by atoms with Gasteiger partial charge < -0.3 is 102 Å². The van der Waals surface area contributed by atoms with E-state index in [0.717, 1.165) is 77.0 Å². The van der Waals surface area contributed by atoms with Gasteiger partial charge in [0.15, 0.2) is 0 Å². The van der Waals surface area contributed by atoms with Gasteiger partial charge in [-0.1, -0.05) is 0 Å². The maximum atomic E-state index is 11.0. The summed E-state index contributed by atoms with van der Waals surface area (Å²) < 4.78 is 0. The molecule has 0 radical (unpaired) electrons. The summed E-state index contributed by atoms with van der Waals surface area (Å²) >= 11 is 0. The zero-order chi connectivity index (χ0) is 92.4. The smallest absolute Gasteiger partial charge is 0.217 e. The number of hydroxylamine groups is 12. The number of nitrogens with one attached hydrogen (secondary N) is 12. The molecule has 6 aliphatic rings. The maximum absolute atomic E-state index is 11.0.